The Labute approximate surface area is 189 Å². The summed E-state index contributed by atoms with van der Waals surface area (Å²) in [5.41, 5.74) is 16.1. The van der Waals surface area contributed by atoms with Crippen LogP contribution < -0.4 is 33.2 Å². The van der Waals surface area contributed by atoms with E-state index in [0.717, 1.165) is 0 Å². The Morgan fingerprint density at radius 3 is 1.91 bits per heavy atom. The summed E-state index contributed by atoms with van der Waals surface area (Å²) in [7, 11) is 0. The fourth-order valence-corrected chi connectivity index (χ4v) is 2.81. The topological polar surface area (TPSA) is 237 Å². The van der Waals surface area contributed by atoms with Crippen molar-refractivity contribution >= 4 is 35.5 Å². The number of aliphatic carboxylic acids is 1. The third-order valence-electron chi connectivity index (χ3n) is 4.45. The summed E-state index contributed by atoms with van der Waals surface area (Å²) in [4.78, 5) is 70.9. The standard InChI is InChI=1S/C20H28N6O7/c21-10-17(29)24-13(8-11-4-2-1-3-5-11)19(31)25-12(6-7-15(22)27)18(30)26-14(20(32)33)9-16(23)28/h1-5,12-14H,6-10,21H2,(H2,22,27)(H2,23,28)(H,24,29)(H,25,31)(H,26,30)(H,32,33). The first-order valence-electron chi connectivity index (χ1n) is 9.97. The van der Waals surface area contributed by atoms with Crippen LogP contribution in [0.4, 0.5) is 0 Å². The van der Waals surface area contributed by atoms with E-state index in [1.807, 2.05) is 0 Å². The van der Waals surface area contributed by atoms with Gasteiger partial charge in [-0.2, -0.15) is 0 Å². The Balaban J connectivity index is 3.05. The fraction of sp³-hybridized carbons (Fsp3) is 0.400. The molecule has 0 bridgehead atoms. The van der Waals surface area contributed by atoms with Crippen LogP contribution in [0.3, 0.4) is 0 Å². The molecule has 0 fully saturated rings. The summed E-state index contributed by atoms with van der Waals surface area (Å²) in [5.74, 6) is -5.59. The molecule has 3 unspecified atom stereocenters. The summed E-state index contributed by atoms with van der Waals surface area (Å²) in [6.07, 6.45) is -1.16. The van der Waals surface area contributed by atoms with Gasteiger partial charge in [-0.1, -0.05) is 30.3 Å². The molecule has 13 nitrogen and oxygen atoms in total. The van der Waals surface area contributed by atoms with Gasteiger partial charge in [-0.3, -0.25) is 24.0 Å². The second-order valence-electron chi connectivity index (χ2n) is 7.15. The van der Waals surface area contributed by atoms with Gasteiger partial charge in [0.25, 0.3) is 0 Å². The molecule has 0 aliphatic rings. The molecule has 0 aliphatic carbocycles. The highest BCUT2D eigenvalue weighted by molar-refractivity contribution is 5.94. The van der Waals surface area contributed by atoms with Crippen LogP contribution in [-0.4, -0.2) is 65.3 Å². The Kier molecular flexibility index (Phi) is 11.0. The molecule has 10 N–H and O–H groups in total. The van der Waals surface area contributed by atoms with Gasteiger partial charge in [-0.25, -0.2) is 4.79 Å². The average molecular weight is 464 g/mol. The predicted octanol–water partition coefficient (Wildman–Crippen LogP) is -3.13. The summed E-state index contributed by atoms with van der Waals surface area (Å²) >= 11 is 0. The van der Waals surface area contributed by atoms with Gasteiger partial charge >= 0.3 is 5.97 Å². The lowest BCUT2D eigenvalue weighted by atomic mass is 10.0. The van der Waals surface area contributed by atoms with Crippen molar-refractivity contribution in [2.75, 3.05) is 6.54 Å². The SMILES string of the molecule is NCC(=O)NC(Cc1ccccc1)C(=O)NC(CCC(N)=O)C(=O)NC(CC(N)=O)C(=O)O. The number of nitrogens with two attached hydrogens (primary N) is 3. The van der Waals surface area contributed by atoms with Crippen LogP contribution in [0, 0.1) is 0 Å². The molecule has 0 heterocycles. The Hall–Kier alpha value is -4.00. The van der Waals surface area contributed by atoms with Gasteiger partial charge < -0.3 is 38.3 Å². The normalized spacial score (nSPS) is 13.1. The van der Waals surface area contributed by atoms with Crippen molar-refractivity contribution in [1.29, 1.82) is 0 Å². The van der Waals surface area contributed by atoms with Gasteiger partial charge in [0.15, 0.2) is 0 Å². The second kappa shape index (κ2) is 13.4. The number of amides is 5. The molecule has 3 atom stereocenters. The van der Waals surface area contributed by atoms with Gasteiger partial charge in [0.05, 0.1) is 13.0 Å². The molecule has 0 radical (unpaired) electrons. The van der Waals surface area contributed by atoms with Crippen molar-refractivity contribution in [3.8, 4) is 0 Å². The van der Waals surface area contributed by atoms with Gasteiger partial charge in [0.1, 0.15) is 18.1 Å². The van der Waals surface area contributed by atoms with Gasteiger partial charge in [-0.15, -0.1) is 0 Å². The van der Waals surface area contributed by atoms with Crippen LogP contribution in [0.1, 0.15) is 24.8 Å². The van der Waals surface area contributed by atoms with Crippen molar-refractivity contribution in [2.45, 2.75) is 43.8 Å². The number of hydrogen-bond donors (Lipinski definition) is 7. The number of primary amides is 2. The van der Waals surface area contributed by atoms with Gasteiger partial charge in [0, 0.05) is 12.8 Å². The highest BCUT2D eigenvalue weighted by atomic mass is 16.4. The highest BCUT2D eigenvalue weighted by Crippen LogP contribution is 2.06. The van der Waals surface area contributed by atoms with E-state index < -0.39 is 60.1 Å². The van der Waals surface area contributed by atoms with Crippen LogP contribution in [0.5, 0.6) is 0 Å². The summed E-state index contributed by atoms with van der Waals surface area (Å²) in [6, 6.07) is 4.57. The van der Waals surface area contributed by atoms with E-state index in [4.69, 9.17) is 17.2 Å². The van der Waals surface area contributed by atoms with E-state index in [2.05, 4.69) is 16.0 Å². The molecule has 0 saturated carbocycles. The van der Waals surface area contributed by atoms with E-state index in [-0.39, 0.29) is 25.8 Å². The molecule has 1 aromatic rings. The van der Waals surface area contributed by atoms with Gasteiger partial charge in [0.2, 0.25) is 29.5 Å². The van der Waals surface area contributed by atoms with E-state index in [0.29, 0.717) is 5.56 Å². The molecule has 0 aliphatic heterocycles. The number of carboxylic acids is 1. The molecule has 0 saturated heterocycles. The zero-order valence-corrected chi connectivity index (χ0v) is 17.8. The zero-order chi connectivity index (χ0) is 25.0. The number of carbonyl (C=O) groups excluding carboxylic acids is 5. The summed E-state index contributed by atoms with van der Waals surface area (Å²) in [6.45, 7) is -0.377. The molecule has 180 valence electrons. The molecule has 0 spiro atoms. The fourth-order valence-electron chi connectivity index (χ4n) is 2.81. The molecule has 0 aromatic heterocycles. The molecular weight excluding hydrogens is 436 g/mol. The number of carbonyl (C=O) groups is 6. The molecule has 1 aromatic carbocycles. The predicted molar refractivity (Wildman–Crippen MR) is 115 cm³/mol. The monoisotopic (exact) mass is 464 g/mol. The van der Waals surface area contributed by atoms with Crippen molar-refractivity contribution in [3.05, 3.63) is 35.9 Å². The molecule has 5 amide bonds. The minimum absolute atomic E-state index is 0.0714. The number of benzene rings is 1. The summed E-state index contributed by atoms with van der Waals surface area (Å²) in [5, 5.41) is 16.1. The number of carboxylic acid groups (broad SMARTS) is 1. The largest absolute Gasteiger partial charge is 0.480 e. The Morgan fingerprint density at radius 2 is 1.39 bits per heavy atom. The van der Waals surface area contributed by atoms with E-state index >= 15 is 0 Å². The lowest BCUT2D eigenvalue weighted by Gasteiger charge is -2.24. The lowest BCUT2D eigenvalue weighted by molar-refractivity contribution is -0.144. The van der Waals surface area contributed by atoms with Crippen LogP contribution in [0.25, 0.3) is 0 Å². The Morgan fingerprint density at radius 1 is 0.818 bits per heavy atom. The van der Waals surface area contributed by atoms with Crippen LogP contribution in [0.2, 0.25) is 0 Å². The van der Waals surface area contributed by atoms with E-state index in [1.54, 1.807) is 30.3 Å². The third kappa shape index (κ3) is 10.2. The smallest absolute Gasteiger partial charge is 0.326 e. The number of nitrogens with one attached hydrogen (secondary N) is 3. The van der Waals surface area contributed by atoms with Crippen LogP contribution in [0.15, 0.2) is 30.3 Å². The maximum Gasteiger partial charge on any atom is 0.326 e. The van der Waals surface area contributed by atoms with Crippen molar-refractivity contribution in [3.63, 3.8) is 0 Å². The first-order valence-corrected chi connectivity index (χ1v) is 9.97. The van der Waals surface area contributed by atoms with Crippen molar-refractivity contribution in [2.24, 2.45) is 17.2 Å². The number of hydrogen-bond acceptors (Lipinski definition) is 7. The summed E-state index contributed by atoms with van der Waals surface area (Å²) < 4.78 is 0. The first-order chi connectivity index (χ1) is 15.5. The van der Waals surface area contributed by atoms with Crippen LogP contribution in [-0.2, 0) is 35.2 Å². The van der Waals surface area contributed by atoms with Gasteiger partial charge in [-0.05, 0) is 12.0 Å². The molecule has 33 heavy (non-hydrogen) atoms. The van der Waals surface area contributed by atoms with Crippen molar-refractivity contribution < 1.29 is 33.9 Å². The number of rotatable bonds is 14. The quantitative estimate of drug-likeness (QED) is 0.148. The zero-order valence-electron chi connectivity index (χ0n) is 17.8. The Bertz CT molecular complexity index is 877. The lowest BCUT2D eigenvalue weighted by Crippen LogP contribution is -2.57. The minimum Gasteiger partial charge on any atom is -0.480 e. The minimum atomic E-state index is -1.64. The van der Waals surface area contributed by atoms with E-state index in [9.17, 15) is 33.9 Å². The first kappa shape index (κ1) is 27.0. The third-order valence-corrected chi connectivity index (χ3v) is 4.45. The molecular formula is C20H28N6O7. The molecule has 13 heteroatoms. The molecule has 1 rings (SSSR count). The van der Waals surface area contributed by atoms with Crippen LogP contribution >= 0.6 is 0 Å². The average Bonchev–Trinajstić information content (AvgIpc) is 2.75. The highest BCUT2D eigenvalue weighted by Gasteiger charge is 2.30. The van der Waals surface area contributed by atoms with Crippen molar-refractivity contribution in [1.82, 2.24) is 16.0 Å². The van der Waals surface area contributed by atoms with E-state index in [1.165, 1.54) is 0 Å². The maximum absolute atomic E-state index is 12.9. The maximum atomic E-state index is 12.9. The second-order valence-corrected chi connectivity index (χ2v) is 7.15.